The molecule has 0 atom stereocenters. The fraction of sp³-hybridized carbons (Fsp3) is 0.462. The van der Waals surface area contributed by atoms with Crippen molar-refractivity contribution in [3.05, 3.63) is 29.8 Å². The second-order valence-electron chi connectivity index (χ2n) is 4.12. The molecule has 18 heavy (non-hydrogen) atoms. The Morgan fingerprint density at radius 2 is 1.89 bits per heavy atom. The molecule has 0 aliphatic heterocycles. The fourth-order valence-corrected chi connectivity index (χ4v) is 1.23. The van der Waals surface area contributed by atoms with Crippen LogP contribution in [0.1, 0.15) is 24.2 Å². The maximum absolute atomic E-state index is 11.7. The summed E-state index contributed by atoms with van der Waals surface area (Å²) >= 11 is 0. The van der Waals surface area contributed by atoms with E-state index in [4.69, 9.17) is 9.47 Å². The van der Waals surface area contributed by atoms with Gasteiger partial charge < -0.3 is 9.47 Å². The molecule has 1 aromatic rings. The van der Waals surface area contributed by atoms with Gasteiger partial charge in [-0.15, -0.1) is 0 Å². The lowest BCUT2D eigenvalue weighted by molar-refractivity contribution is 0.0927. The van der Waals surface area contributed by atoms with Crippen molar-refractivity contribution in [1.29, 1.82) is 0 Å². The van der Waals surface area contributed by atoms with Crippen LogP contribution in [0.15, 0.2) is 24.3 Å². The third-order valence-corrected chi connectivity index (χ3v) is 2.15. The van der Waals surface area contributed by atoms with E-state index >= 15 is 0 Å². The SMILES string of the molecule is COCCOc1ccc(C(=O)NNC(C)C)cc1. The first-order chi connectivity index (χ1) is 8.63. The topological polar surface area (TPSA) is 59.6 Å². The van der Waals surface area contributed by atoms with Crippen LogP contribution in [0, 0.1) is 0 Å². The standard InChI is InChI=1S/C13H20N2O3/c1-10(2)14-15-13(16)11-4-6-12(7-5-11)18-9-8-17-3/h4-7,10,14H,8-9H2,1-3H3,(H,15,16). The number of amides is 1. The number of benzene rings is 1. The third-order valence-electron chi connectivity index (χ3n) is 2.15. The molecule has 1 amide bonds. The highest BCUT2D eigenvalue weighted by atomic mass is 16.5. The van der Waals surface area contributed by atoms with Gasteiger partial charge in [0.25, 0.3) is 5.91 Å². The highest BCUT2D eigenvalue weighted by molar-refractivity contribution is 5.93. The van der Waals surface area contributed by atoms with Crippen molar-refractivity contribution >= 4 is 5.91 Å². The molecule has 0 bridgehead atoms. The molecule has 100 valence electrons. The van der Waals surface area contributed by atoms with Gasteiger partial charge >= 0.3 is 0 Å². The molecule has 2 N–H and O–H groups in total. The average Bonchev–Trinajstić information content (AvgIpc) is 2.37. The van der Waals surface area contributed by atoms with Crippen LogP contribution < -0.4 is 15.6 Å². The van der Waals surface area contributed by atoms with Crippen molar-refractivity contribution in [2.45, 2.75) is 19.9 Å². The number of methoxy groups -OCH3 is 1. The van der Waals surface area contributed by atoms with Crippen LogP contribution in [0.2, 0.25) is 0 Å². The molecule has 0 aromatic heterocycles. The third kappa shape index (κ3) is 5.16. The Labute approximate surface area is 107 Å². The van der Waals surface area contributed by atoms with Gasteiger partial charge in [-0.3, -0.25) is 10.2 Å². The Morgan fingerprint density at radius 3 is 2.44 bits per heavy atom. The van der Waals surface area contributed by atoms with Crippen LogP contribution >= 0.6 is 0 Å². The minimum atomic E-state index is -0.160. The number of ether oxygens (including phenoxy) is 2. The van der Waals surface area contributed by atoms with Crippen molar-refractivity contribution in [1.82, 2.24) is 10.9 Å². The van der Waals surface area contributed by atoms with Crippen molar-refractivity contribution < 1.29 is 14.3 Å². The summed E-state index contributed by atoms with van der Waals surface area (Å²) in [7, 11) is 1.62. The lowest BCUT2D eigenvalue weighted by atomic mass is 10.2. The zero-order chi connectivity index (χ0) is 13.4. The summed E-state index contributed by atoms with van der Waals surface area (Å²) in [6, 6.07) is 7.17. The number of hydrogen-bond acceptors (Lipinski definition) is 4. The van der Waals surface area contributed by atoms with E-state index in [1.54, 1.807) is 31.4 Å². The average molecular weight is 252 g/mol. The molecule has 0 heterocycles. The summed E-state index contributed by atoms with van der Waals surface area (Å²) in [6.45, 7) is 4.94. The predicted molar refractivity (Wildman–Crippen MR) is 69.6 cm³/mol. The van der Waals surface area contributed by atoms with Crippen molar-refractivity contribution in [2.24, 2.45) is 0 Å². The Morgan fingerprint density at radius 1 is 1.22 bits per heavy atom. The van der Waals surface area contributed by atoms with E-state index in [0.29, 0.717) is 18.8 Å². The van der Waals surface area contributed by atoms with Gasteiger partial charge in [0.2, 0.25) is 0 Å². The van der Waals surface area contributed by atoms with E-state index < -0.39 is 0 Å². The number of hydrazine groups is 1. The lowest BCUT2D eigenvalue weighted by Gasteiger charge is -2.10. The van der Waals surface area contributed by atoms with Crippen LogP contribution in [0.3, 0.4) is 0 Å². The normalized spacial score (nSPS) is 10.4. The van der Waals surface area contributed by atoms with E-state index in [1.807, 2.05) is 13.8 Å². The molecule has 5 heteroatoms. The van der Waals surface area contributed by atoms with Crippen molar-refractivity contribution in [3.63, 3.8) is 0 Å². The molecular weight excluding hydrogens is 232 g/mol. The number of carbonyl (C=O) groups is 1. The summed E-state index contributed by atoms with van der Waals surface area (Å²) < 4.78 is 10.3. The number of carbonyl (C=O) groups excluding carboxylic acids is 1. The van der Waals surface area contributed by atoms with Crippen LogP contribution in [-0.2, 0) is 4.74 Å². The molecule has 0 aliphatic rings. The van der Waals surface area contributed by atoms with E-state index in [-0.39, 0.29) is 11.9 Å². The molecule has 0 unspecified atom stereocenters. The molecule has 1 rings (SSSR count). The van der Waals surface area contributed by atoms with E-state index in [2.05, 4.69) is 10.9 Å². The molecular formula is C13H20N2O3. The maximum atomic E-state index is 11.7. The first kappa shape index (κ1) is 14.5. The smallest absolute Gasteiger partial charge is 0.265 e. The van der Waals surface area contributed by atoms with Gasteiger partial charge in [0.1, 0.15) is 12.4 Å². The van der Waals surface area contributed by atoms with Gasteiger partial charge in [-0.25, -0.2) is 5.43 Å². The summed E-state index contributed by atoms with van der Waals surface area (Å²) in [5, 5.41) is 0. The zero-order valence-corrected chi connectivity index (χ0v) is 11.0. The minimum Gasteiger partial charge on any atom is -0.491 e. The second kappa shape index (κ2) is 7.68. The van der Waals surface area contributed by atoms with Gasteiger partial charge in [0, 0.05) is 18.7 Å². The van der Waals surface area contributed by atoms with E-state index in [0.717, 1.165) is 5.75 Å². The van der Waals surface area contributed by atoms with Crippen LogP contribution in [0.25, 0.3) is 0 Å². The molecule has 0 saturated heterocycles. The molecule has 0 radical (unpaired) electrons. The Bertz CT molecular complexity index is 363. The Balaban J connectivity index is 2.46. The summed E-state index contributed by atoms with van der Waals surface area (Å²) in [5.74, 6) is 0.563. The van der Waals surface area contributed by atoms with Crippen LogP contribution in [-0.4, -0.2) is 32.3 Å². The summed E-state index contributed by atoms with van der Waals surface area (Å²) in [4.78, 5) is 11.7. The van der Waals surface area contributed by atoms with Gasteiger partial charge in [-0.1, -0.05) is 0 Å². The molecule has 0 saturated carbocycles. The monoisotopic (exact) mass is 252 g/mol. The largest absolute Gasteiger partial charge is 0.491 e. The maximum Gasteiger partial charge on any atom is 0.265 e. The number of nitrogens with one attached hydrogen (secondary N) is 2. The molecule has 5 nitrogen and oxygen atoms in total. The minimum absolute atomic E-state index is 0.160. The van der Waals surface area contributed by atoms with Crippen molar-refractivity contribution in [2.75, 3.05) is 20.3 Å². The zero-order valence-electron chi connectivity index (χ0n) is 11.0. The van der Waals surface area contributed by atoms with Gasteiger partial charge in [0.15, 0.2) is 0 Å². The van der Waals surface area contributed by atoms with Gasteiger partial charge in [-0.2, -0.15) is 0 Å². The highest BCUT2D eigenvalue weighted by Gasteiger charge is 2.05. The molecule has 1 aromatic carbocycles. The quantitative estimate of drug-likeness (QED) is 0.568. The molecule has 0 aliphatic carbocycles. The van der Waals surface area contributed by atoms with E-state index in [1.165, 1.54) is 0 Å². The molecule has 0 fully saturated rings. The second-order valence-corrected chi connectivity index (χ2v) is 4.12. The van der Waals surface area contributed by atoms with Crippen LogP contribution in [0.5, 0.6) is 5.75 Å². The Kier molecular flexibility index (Phi) is 6.18. The first-order valence-electron chi connectivity index (χ1n) is 5.91. The predicted octanol–water partition coefficient (Wildman–Crippen LogP) is 1.35. The highest BCUT2D eigenvalue weighted by Crippen LogP contribution is 2.11. The first-order valence-corrected chi connectivity index (χ1v) is 5.91. The summed E-state index contributed by atoms with van der Waals surface area (Å²) in [6.07, 6.45) is 0. The molecule has 0 spiro atoms. The van der Waals surface area contributed by atoms with Crippen molar-refractivity contribution in [3.8, 4) is 5.75 Å². The van der Waals surface area contributed by atoms with E-state index in [9.17, 15) is 4.79 Å². The number of rotatable bonds is 7. The Hall–Kier alpha value is -1.59. The van der Waals surface area contributed by atoms with Crippen LogP contribution in [0.4, 0.5) is 0 Å². The number of hydrogen-bond donors (Lipinski definition) is 2. The summed E-state index contributed by atoms with van der Waals surface area (Å²) in [5.41, 5.74) is 6.06. The fourth-order valence-electron chi connectivity index (χ4n) is 1.23. The van der Waals surface area contributed by atoms with Gasteiger partial charge in [-0.05, 0) is 38.1 Å². The van der Waals surface area contributed by atoms with Gasteiger partial charge in [0.05, 0.1) is 6.61 Å². The lowest BCUT2D eigenvalue weighted by Crippen LogP contribution is -2.41.